The number of carbonyl (C=O) groups excluding carboxylic acids is 3. The van der Waals surface area contributed by atoms with Crippen LogP contribution in [0, 0.1) is 11.6 Å². The second-order valence-corrected chi connectivity index (χ2v) is 6.03. The van der Waals surface area contributed by atoms with Gasteiger partial charge in [-0.3, -0.25) is 4.79 Å². The lowest BCUT2D eigenvalue weighted by Gasteiger charge is -2.10. The maximum absolute atomic E-state index is 13.8. The Balaban J connectivity index is 1.96. The van der Waals surface area contributed by atoms with Gasteiger partial charge in [0.1, 0.15) is 17.2 Å². The van der Waals surface area contributed by atoms with Crippen LogP contribution in [0.3, 0.4) is 0 Å². The maximum atomic E-state index is 13.8. The van der Waals surface area contributed by atoms with Crippen molar-refractivity contribution in [2.75, 3.05) is 0 Å². The zero-order chi connectivity index (χ0) is 21.8. The Labute approximate surface area is 168 Å². The summed E-state index contributed by atoms with van der Waals surface area (Å²) in [7, 11) is 0. The van der Waals surface area contributed by atoms with Crippen molar-refractivity contribution in [3.05, 3.63) is 106 Å². The minimum Gasteiger partial charge on any atom is -0.478 e. The van der Waals surface area contributed by atoms with Crippen molar-refractivity contribution >= 4 is 23.7 Å². The Hall–Kier alpha value is -4.20. The summed E-state index contributed by atoms with van der Waals surface area (Å²) in [4.78, 5) is 48.7. The summed E-state index contributed by atoms with van der Waals surface area (Å²) >= 11 is 0. The van der Waals surface area contributed by atoms with E-state index in [2.05, 4.69) is 4.74 Å². The van der Waals surface area contributed by atoms with Crippen molar-refractivity contribution in [1.82, 2.24) is 0 Å². The number of hydrogen-bond acceptors (Lipinski definition) is 5. The van der Waals surface area contributed by atoms with E-state index in [1.807, 2.05) is 0 Å². The predicted molar refractivity (Wildman–Crippen MR) is 99.4 cm³/mol. The molecule has 3 rings (SSSR count). The minimum atomic E-state index is -1.74. The molecule has 0 spiro atoms. The standard InChI is InChI=1S/C22H12F2O6/c23-13-9-10-14(19(25)12-5-2-1-3-6-12)16(11-13)22(29)30-21(28)15-7-4-8-17(24)18(15)20(26)27/h1-11H,(H,26,27). The topological polar surface area (TPSA) is 97.7 Å². The highest BCUT2D eigenvalue weighted by atomic mass is 19.1. The lowest BCUT2D eigenvalue weighted by Crippen LogP contribution is -2.19. The van der Waals surface area contributed by atoms with Crippen LogP contribution in [-0.4, -0.2) is 28.8 Å². The molecule has 0 amide bonds. The second kappa shape index (κ2) is 8.44. The van der Waals surface area contributed by atoms with Gasteiger partial charge in [0.25, 0.3) is 0 Å². The van der Waals surface area contributed by atoms with Gasteiger partial charge in [-0.15, -0.1) is 0 Å². The molecule has 0 heterocycles. The fraction of sp³-hybridized carbons (Fsp3) is 0. The number of carboxylic acids is 1. The zero-order valence-corrected chi connectivity index (χ0v) is 15.1. The van der Waals surface area contributed by atoms with Crippen molar-refractivity contribution in [3.8, 4) is 0 Å². The molecule has 3 aromatic rings. The molecule has 0 fully saturated rings. The van der Waals surface area contributed by atoms with Gasteiger partial charge in [0.2, 0.25) is 0 Å². The first kappa shape index (κ1) is 20.5. The number of halogens is 2. The van der Waals surface area contributed by atoms with E-state index < -0.39 is 52.0 Å². The lowest BCUT2D eigenvalue weighted by atomic mass is 9.98. The summed E-state index contributed by atoms with van der Waals surface area (Å²) in [6.45, 7) is 0. The number of ether oxygens (including phenoxy) is 1. The highest BCUT2D eigenvalue weighted by Gasteiger charge is 2.26. The van der Waals surface area contributed by atoms with E-state index in [1.165, 1.54) is 12.1 Å². The van der Waals surface area contributed by atoms with Crippen LogP contribution in [0.4, 0.5) is 8.78 Å². The number of hydrogen-bond donors (Lipinski definition) is 1. The highest BCUT2D eigenvalue weighted by Crippen LogP contribution is 2.20. The van der Waals surface area contributed by atoms with Gasteiger partial charge in [-0.05, 0) is 30.3 Å². The van der Waals surface area contributed by atoms with Crippen LogP contribution in [0.5, 0.6) is 0 Å². The summed E-state index contributed by atoms with van der Waals surface area (Å²) in [6, 6.07) is 13.4. The molecular formula is C22H12F2O6. The van der Waals surface area contributed by atoms with Gasteiger partial charge in [-0.2, -0.15) is 0 Å². The molecule has 30 heavy (non-hydrogen) atoms. The minimum absolute atomic E-state index is 0.211. The first-order valence-electron chi connectivity index (χ1n) is 8.47. The third kappa shape index (κ3) is 4.12. The Morgan fingerprint density at radius 2 is 1.40 bits per heavy atom. The molecule has 0 unspecified atom stereocenters. The van der Waals surface area contributed by atoms with Crippen LogP contribution in [-0.2, 0) is 4.74 Å². The van der Waals surface area contributed by atoms with Gasteiger partial charge in [0.15, 0.2) is 5.78 Å². The molecule has 0 saturated heterocycles. The van der Waals surface area contributed by atoms with Crippen LogP contribution in [0.15, 0.2) is 66.7 Å². The maximum Gasteiger partial charge on any atom is 0.347 e. The largest absolute Gasteiger partial charge is 0.478 e. The number of carbonyl (C=O) groups is 4. The SMILES string of the molecule is O=C(OC(=O)c1cccc(F)c1C(=O)O)c1cc(F)ccc1C(=O)c1ccccc1. The first-order chi connectivity index (χ1) is 14.3. The molecule has 0 aliphatic carbocycles. The molecule has 6 nitrogen and oxygen atoms in total. The summed E-state index contributed by atoms with van der Waals surface area (Å²) < 4.78 is 32.1. The Morgan fingerprint density at radius 1 is 0.733 bits per heavy atom. The molecule has 0 aliphatic heterocycles. The first-order valence-corrected chi connectivity index (χ1v) is 8.47. The lowest BCUT2D eigenvalue weighted by molar-refractivity contribution is 0.0389. The van der Waals surface area contributed by atoms with E-state index >= 15 is 0 Å². The molecule has 3 aromatic carbocycles. The number of esters is 2. The summed E-state index contributed by atoms with van der Waals surface area (Å²) in [5, 5.41) is 9.10. The van der Waals surface area contributed by atoms with E-state index in [1.54, 1.807) is 18.2 Å². The van der Waals surface area contributed by atoms with Crippen molar-refractivity contribution < 1.29 is 37.8 Å². The van der Waals surface area contributed by atoms with Crippen LogP contribution in [0.25, 0.3) is 0 Å². The molecule has 0 bridgehead atoms. The Bertz CT molecular complexity index is 1170. The number of ketones is 1. The Morgan fingerprint density at radius 3 is 2.07 bits per heavy atom. The molecule has 0 aliphatic rings. The fourth-order valence-corrected chi connectivity index (χ4v) is 2.73. The van der Waals surface area contributed by atoms with Gasteiger partial charge in [0.05, 0.1) is 11.1 Å². The monoisotopic (exact) mass is 410 g/mol. The van der Waals surface area contributed by atoms with Crippen LogP contribution >= 0.6 is 0 Å². The van der Waals surface area contributed by atoms with Crippen LogP contribution in [0.2, 0.25) is 0 Å². The van der Waals surface area contributed by atoms with Crippen molar-refractivity contribution in [2.45, 2.75) is 0 Å². The van der Waals surface area contributed by atoms with Gasteiger partial charge in [0, 0.05) is 11.1 Å². The average molecular weight is 410 g/mol. The normalized spacial score (nSPS) is 10.3. The van der Waals surface area contributed by atoms with Crippen molar-refractivity contribution in [3.63, 3.8) is 0 Å². The van der Waals surface area contributed by atoms with Gasteiger partial charge < -0.3 is 9.84 Å². The van der Waals surface area contributed by atoms with Gasteiger partial charge in [-0.1, -0.05) is 36.4 Å². The molecule has 0 radical (unpaired) electrons. The Kier molecular flexibility index (Phi) is 5.78. The fourth-order valence-electron chi connectivity index (χ4n) is 2.73. The molecule has 8 heteroatoms. The zero-order valence-electron chi connectivity index (χ0n) is 15.1. The van der Waals surface area contributed by atoms with Crippen LogP contribution in [0.1, 0.15) is 47.0 Å². The van der Waals surface area contributed by atoms with E-state index in [4.69, 9.17) is 5.11 Å². The third-order valence-electron chi connectivity index (χ3n) is 4.11. The second-order valence-electron chi connectivity index (χ2n) is 6.03. The van der Waals surface area contributed by atoms with Gasteiger partial charge in [-0.25, -0.2) is 23.2 Å². The van der Waals surface area contributed by atoms with E-state index in [9.17, 15) is 28.0 Å². The summed E-state index contributed by atoms with van der Waals surface area (Å²) in [6.07, 6.45) is 0. The molecular weight excluding hydrogens is 398 g/mol. The van der Waals surface area contributed by atoms with Crippen molar-refractivity contribution in [2.24, 2.45) is 0 Å². The average Bonchev–Trinajstić information content (AvgIpc) is 2.73. The predicted octanol–water partition coefficient (Wildman–Crippen LogP) is 3.89. The highest BCUT2D eigenvalue weighted by molar-refractivity contribution is 6.16. The summed E-state index contributed by atoms with van der Waals surface area (Å²) in [5.74, 6) is -7.27. The van der Waals surface area contributed by atoms with E-state index in [0.29, 0.717) is 0 Å². The summed E-state index contributed by atoms with van der Waals surface area (Å²) in [5.41, 5.74) is -2.23. The molecule has 0 saturated carbocycles. The molecule has 0 atom stereocenters. The number of aromatic carboxylic acids is 1. The third-order valence-corrected chi connectivity index (χ3v) is 4.11. The number of carboxylic acid groups (broad SMARTS) is 1. The molecule has 150 valence electrons. The van der Waals surface area contributed by atoms with E-state index in [-0.39, 0.29) is 11.1 Å². The molecule has 1 N–H and O–H groups in total. The smallest absolute Gasteiger partial charge is 0.347 e. The van der Waals surface area contributed by atoms with E-state index in [0.717, 1.165) is 36.4 Å². The van der Waals surface area contributed by atoms with Crippen LogP contribution < -0.4 is 0 Å². The number of rotatable bonds is 5. The number of benzene rings is 3. The molecule has 0 aromatic heterocycles. The quantitative estimate of drug-likeness (QED) is 0.389. The van der Waals surface area contributed by atoms with Crippen molar-refractivity contribution in [1.29, 1.82) is 0 Å². The van der Waals surface area contributed by atoms with Gasteiger partial charge >= 0.3 is 17.9 Å².